The standard InChI is InChI=1S/C22H18F3N3O6S/c1-12-19(34-21(30)31)18(16-8-7-13(11-26)9-17(16)35(3,32)33)27(2)20(29)28(12)15-6-4-5-14(10-15)22(23,24)25/h4-10,18H,1-3H3,(H,30,31)/t18-/m0/s1. The molecule has 0 radical (unpaired) electrons. The van der Waals surface area contributed by atoms with Crippen LogP contribution >= 0.6 is 0 Å². The molecule has 0 saturated carbocycles. The molecule has 0 fully saturated rings. The Bertz CT molecular complexity index is 1400. The molecule has 9 nitrogen and oxygen atoms in total. The summed E-state index contributed by atoms with van der Waals surface area (Å²) in [7, 11) is -2.75. The number of allylic oxidation sites excluding steroid dienone is 1. The second kappa shape index (κ2) is 8.95. The zero-order valence-corrected chi connectivity index (χ0v) is 19.3. The third-order valence-electron chi connectivity index (χ3n) is 5.29. The molecule has 0 aromatic heterocycles. The maximum Gasteiger partial charge on any atom is 0.511 e. The number of hydrogen-bond donors (Lipinski definition) is 1. The molecule has 1 aliphatic heterocycles. The molecule has 35 heavy (non-hydrogen) atoms. The van der Waals surface area contributed by atoms with E-state index in [1.54, 1.807) is 6.07 Å². The van der Waals surface area contributed by atoms with Gasteiger partial charge in [-0.1, -0.05) is 12.1 Å². The molecular formula is C22H18F3N3O6S. The number of alkyl halides is 3. The van der Waals surface area contributed by atoms with E-state index >= 15 is 0 Å². The summed E-state index contributed by atoms with van der Waals surface area (Å²) in [6, 6.07) is 7.03. The molecule has 2 aromatic rings. The molecule has 0 aliphatic carbocycles. The topological polar surface area (TPSA) is 128 Å². The number of carbonyl (C=O) groups is 2. The number of benzene rings is 2. The molecule has 0 saturated heterocycles. The molecule has 0 spiro atoms. The molecule has 2 aromatic carbocycles. The quantitative estimate of drug-likeness (QED) is 0.600. The summed E-state index contributed by atoms with van der Waals surface area (Å²) in [5.74, 6) is -0.397. The van der Waals surface area contributed by atoms with Gasteiger partial charge in [-0.15, -0.1) is 0 Å². The van der Waals surface area contributed by atoms with Crippen molar-refractivity contribution in [1.82, 2.24) is 4.90 Å². The van der Waals surface area contributed by atoms with Gasteiger partial charge in [-0.2, -0.15) is 18.4 Å². The maximum atomic E-state index is 13.3. The van der Waals surface area contributed by atoms with Gasteiger partial charge in [0.1, 0.15) is 6.04 Å². The van der Waals surface area contributed by atoms with Gasteiger partial charge in [-0.25, -0.2) is 18.0 Å². The van der Waals surface area contributed by atoms with Crippen LogP contribution in [-0.4, -0.2) is 43.9 Å². The fourth-order valence-electron chi connectivity index (χ4n) is 3.75. The van der Waals surface area contributed by atoms with E-state index in [2.05, 4.69) is 0 Å². The first-order chi connectivity index (χ1) is 16.2. The Balaban J connectivity index is 2.30. The molecule has 1 atom stereocenters. The number of likely N-dealkylation sites (N-methyl/N-ethyl adjacent to an activating group) is 1. The molecule has 1 aliphatic rings. The molecule has 0 bridgehead atoms. The molecule has 1 heterocycles. The molecule has 13 heteroatoms. The van der Waals surface area contributed by atoms with Crippen molar-refractivity contribution in [3.05, 3.63) is 70.6 Å². The van der Waals surface area contributed by atoms with E-state index in [1.165, 1.54) is 32.2 Å². The summed E-state index contributed by atoms with van der Waals surface area (Å²) in [6.07, 6.45) is -5.61. The van der Waals surface area contributed by atoms with Crippen LogP contribution in [0.3, 0.4) is 0 Å². The Morgan fingerprint density at radius 2 is 1.86 bits per heavy atom. The highest BCUT2D eigenvalue weighted by Crippen LogP contribution is 2.42. The van der Waals surface area contributed by atoms with E-state index in [0.29, 0.717) is 0 Å². The average molecular weight is 509 g/mol. The minimum absolute atomic E-state index is 0.00552. The number of carbonyl (C=O) groups excluding carboxylic acids is 1. The van der Waals surface area contributed by atoms with Crippen LogP contribution in [0.5, 0.6) is 0 Å². The number of nitrogens with zero attached hydrogens (tertiary/aromatic N) is 3. The first kappa shape index (κ1) is 25.6. The lowest BCUT2D eigenvalue weighted by atomic mass is 9.98. The van der Waals surface area contributed by atoms with Gasteiger partial charge >= 0.3 is 18.4 Å². The number of urea groups is 1. The largest absolute Gasteiger partial charge is 0.511 e. The fraction of sp³-hybridized carbons (Fsp3) is 0.227. The monoisotopic (exact) mass is 509 g/mol. The van der Waals surface area contributed by atoms with Crippen LogP contribution in [0.15, 0.2) is 58.8 Å². The Morgan fingerprint density at radius 3 is 2.40 bits per heavy atom. The smallest absolute Gasteiger partial charge is 0.449 e. The highest BCUT2D eigenvalue weighted by molar-refractivity contribution is 7.90. The van der Waals surface area contributed by atoms with Crippen molar-refractivity contribution in [2.45, 2.75) is 24.0 Å². The number of amides is 2. The Kier molecular flexibility index (Phi) is 6.54. The van der Waals surface area contributed by atoms with Gasteiger partial charge in [0, 0.05) is 18.9 Å². The Morgan fingerprint density at radius 1 is 1.20 bits per heavy atom. The summed E-state index contributed by atoms with van der Waals surface area (Å²) < 4.78 is 69.6. The van der Waals surface area contributed by atoms with Crippen molar-refractivity contribution in [3.8, 4) is 6.07 Å². The van der Waals surface area contributed by atoms with Gasteiger partial charge in [0.05, 0.1) is 33.5 Å². The summed E-state index contributed by atoms with van der Waals surface area (Å²) >= 11 is 0. The van der Waals surface area contributed by atoms with Gasteiger partial charge in [-0.3, -0.25) is 4.90 Å². The number of rotatable bonds is 4. The predicted molar refractivity (Wildman–Crippen MR) is 116 cm³/mol. The summed E-state index contributed by atoms with van der Waals surface area (Å²) in [5.41, 5.74) is -1.45. The lowest BCUT2D eigenvalue weighted by molar-refractivity contribution is -0.137. The number of halogens is 3. The predicted octanol–water partition coefficient (Wildman–Crippen LogP) is 4.52. The Hall–Kier alpha value is -4.05. The van der Waals surface area contributed by atoms with Crippen molar-refractivity contribution < 1.29 is 41.0 Å². The van der Waals surface area contributed by atoms with Crippen molar-refractivity contribution in [3.63, 3.8) is 0 Å². The average Bonchev–Trinajstić information content (AvgIpc) is 2.76. The zero-order valence-electron chi connectivity index (χ0n) is 18.5. The van der Waals surface area contributed by atoms with Crippen LogP contribution < -0.4 is 4.90 Å². The lowest BCUT2D eigenvalue weighted by Gasteiger charge is -2.41. The van der Waals surface area contributed by atoms with Crippen LogP contribution in [0.4, 0.5) is 28.4 Å². The lowest BCUT2D eigenvalue weighted by Crippen LogP contribution is -2.48. The van der Waals surface area contributed by atoms with Gasteiger partial charge < -0.3 is 14.7 Å². The minimum Gasteiger partial charge on any atom is -0.449 e. The summed E-state index contributed by atoms with van der Waals surface area (Å²) in [4.78, 5) is 26.3. The fourth-order valence-corrected chi connectivity index (χ4v) is 4.69. The molecule has 2 amide bonds. The van der Waals surface area contributed by atoms with Crippen molar-refractivity contribution >= 4 is 27.7 Å². The number of anilines is 1. The molecule has 3 rings (SSSR count). The highest BCUT2D eigenvalue weighted by atomic mass is 32.2. The van der Waals surface area contributed by atoms with Crippen molar-refractivity contribution in [2.75, 3.05) is 18.2 Å². The van der Waals surface area contributed by atoms with E-state index in [-0.39, 0.29) is 27.4 Å². The van der Waals surface area contributed by atoms with E-state index in [9.17, 15) is 36.3 Å². The molecule has 0 unspecified atom stereocenters. The third-order valence-corrected chi connectivity index (χ3v) is 6.44. The SMILES string of the molecule is CC1=C(OC(=O)O)[C@H](c2ccc(C#N)cc2S(C)(=O)=O)N(C)C(=O)N1c1cccc(C(F)(F)F)c1. The van der Waals surface area contributed by atoms with Crippen LogP contribution in [0.2, 0.25) is 0 Å². The highest BCUT2D eigenvalue weighted by Gasteiger charge is 2.42. The normalized spacial score (nSPS) is 16.8. The van der Waals surface area contributed by atoms with Crippen molar-refractivity contribution in [1.29, 1.82) is 5.26 Å². The van der Waals surface area contributed by atoms with Crippen LogP contribution in [0, 0.1) is 11.3 Å². The van der Waals surface area contributed by atoms with E-state index in [1.807, 2.05) is 0 Å². The maximum absolute atomic E-state index is 13.3. The zero-order chi connectivity index (χ0) is 26.3. The summed E-state index contributed by atoms with van der Waals surface area (Å²) in [5, 5.41) is 18.5. The van der Waals surface area contributed by atoms with Gasteiger partial charge in [-0.05, 0) is 37.3 Å². The molecular weight excluding hydrogens is 491 g/mol. The number of hydrogen-bond acceptors (Lipinski definition) is 6. The van der Waals surface area contributed by atoms with Gasteiger partial charge in [0.25, 0.3) is 0 Å². The van der Waals surface area contributed by atoms with Crippen LogP contribution in [0.25, 0.3) is 0 Å². The van der Waals surface area contributed by atoms with Gasteiger partial charge in [0.15, 0.2) is 15.6 Å². The number of nitriles is 1. The van der Waals surface area contributed by atoms with Crippen LogP contribution in [0.1, 0.15) is 29.7 Å². The molecule has 1 N–H and O–H groups in total. The Labute approximate surface area is 198 Å². The second-order valence-corrected chi connectivity index (χ2v) is 9.62. The van der Waals surface area contributed by atoms with E-state index in [0.717, 1.165) is 40.3 Å². The summed E-state index contributed by atoms with van der Waals surface area (Å²) in [6.45, 7) is 1.26. The first-order valence-electron chi connectivity index (χ1n) is 9.76. The second-order valence-electron chi connectivity index (χ2n) is 7.63. The third kappa shape index (κ3) is 4.92. The molecule has 184 valence electrons. The minimum atomic E-state index is -4.70. The number of carboxylic acid groups (broad SMARTS) is 1. The number of sulfone groups is 1. The van der Waals surface area contributed by atoms with Crippen molar-refractivity contribution in [2.24, 2.45) is 0 Å². The van der Waals surface area contributed by atoms with Crippen LogP contribution in [-0.2, 0) is 20.8 Å². The van der Waals surface area contributed by atoms with E-state index in [4.69, 9.17) is 10.00 Å². The van der Waals surface area contributed by atoms with E-state index < -0.39 is 45.6 Å². The van der Waals surface area contributed by atoms with Gasteiger partial charge in [0.2, 0.25) is 0 Å². The number of ether oxygens (including phenoxy) is 1. The first-order valence-corrected chi connectivity index (χ1v) is 11.7.